The molecule has 2 rings (SSSR count). The van der Waals surface area contributed by atoms with Crippen molar-refractivity contribution in [2.75, 3.05) is 18.1 Å². The highest BCUT2D eigenvalue weighted by Crippen LogP contribution is 2.37. The van der Waals surface area contributed by atoms with E-state index < -0.39 is 9.84 Å². The highest BCUT2D eigenvalue weighted by atomic mass is 32.2. The number of rotatable bonds is 3. The van der Waals surface area contributed by atoms with Crippen LogP contribution >= 0.6 is 0 Å². The van der Waals surface area contributed by atoms with Crippen LogP contribution in [-0.4, -0.2) is 43.7 Å². The smallest absolute Gasteiger partial charge is 0.150 e. The number of nitrogens with one attached hydrogen (secondary N) is 1. The molecule has 0 radical (unpaired) electrons. The SMILES string of the molecule is CC1(C)C[C@H](NCC2CCS(=O)(=O)CC2)C(C)(C)O1. The standard InChI is InChI=1S/C14H27NO3S/c1-13(2)9-12(14(3,4)18-13)15-10-11-5-7-19(16,17)8-6-11/h11-12,15H,5-10H2,1-4H3/t12-/m0/s1. The van der Waals surface area contributed by atoms with Crippen LogP contribution in [0.3, 0.4) is 0 Å². The van der Waals surface area contributed by atoms with E-state index in [1.54, 1.807) is 0 Å². The van der Waals surface area contributed by atoms with E-state index in [1.807, 2.05) is 0 Å². The fraction of sp³-hybridized carbons (Fsp3) is 1.00. The van der Waals surface area contributed by atoms with E-state index in [1.165, 1.54) is 0 Å². The zero-order valence-corrected chi connectivity index (χ0v) is 13.3. The Morgan fingerprint density at radius 1 is 1.16 bits per heavy atom. The third-order valence-electron chi connectivity index (χ3n) is 4.40. The summed E-state index contributed by atoms with van der Waals surface area (Å²) in [4.78, 5) is 0. The van der Waals surface area contributed by atoms with Crippen LogP contribution in [0.25, 0.3) is 0 Å². The van der Waals surface area contributed by atoms with Crippen molar-refractivity contribution in [1.82, 2.24) is 5.32 Å². The van der Waals surface area contributed by atoms with Gasteiger partial charge in [0.2, 0.25) is 0 Å². The lowest BCUT2D eigenvalue weighted by Crippen LogP contribution is -2.45. The highest BCUT2D eigenvalue weighted by molar-refractivity contribution is 7.91. The highest BCUT2D eigenvalue weighted by Gasteiger charge is 2.45. The van der Waals surface area contributed by atoms with Gasteiger partial charge in [0.1, 0.15) is 9.84 Å². The minimum Gasteiger partial charge on any atom is -0.368 e. The molecule has 0 aliphatic carbocycles. The molecule has 5 heteroatoms. The lowest BCUT2D eigenvalue weighted by molar-refractivity contribution is -0.0699. The molecular weight excluding hydrogens is 262 g/mol. The molecule has 2 saturated heterocycles. The van der Waals surface area contributed by atoms with Crippen LogP contribution in [0.1, 0.15) is 47.0 Å². The summed E-state index contributed by atoms with van der Waals surface area (Å²) in [5, 5.41) is 3.60. The molecule has 0 spiro atoms. The largest absolute Gasteiger partial charge is 0.368 e. The van der Waals surface area contributed by atoms with Gasteiger partial charge in [-0.15, -0.1) is 0 Å². The zero-order valence-electron chi connectivity index (χ0n) is 12.5. The van der Waals surface area contributed by atoms with Crippen LogP contribution in [0, 0.1) is 5.92 Å². The molecule has 0 saturated carbocycles. The van der Waals surface area contributed by atoms with Crippen molar-refractivity contribution in [2.45, 2.75) is 64.2 Å². The molecule has 2 heterocycles. The second kappa shape index (κ2) is 5.01. The van der Waals surface area contributed by atoms with Gasteiger partial charge in [-0.25, -0.2) is 8.42 Å². The van der Waals surface area contributed by atoms with Crippen molar-refractivity contribution in [3.8, 4) is 0 Å². The van der Waals surface area contributed by atoms with Crippen LogP contribution in [0.4, 0.5) is 0 Å². The lowest BCUT2D eigenvalue weighted by Gasteiger charge is -2.30. The number of hydrogen-bond donors (Lipinski definition) is 1. The van der Waals surface area contributed by atoms with Gasteiger partial charge in [0.05, 0.1) is 22.7 Å². The fourth-order valence-electron chi connectivity index (χ4n) is 3.33. The maximum atomic E-state index is 11.4. The monoisotopic (exact) mass is 289 g/mol. The molecule has 0 bridgehead atoms. The number of hydrogen-bond acceptors (Lipinski definition) is 4. The van der Waals surface area contributed by atoms with Crippen molar-refractivity contribution in [3.63, 3.8) is 0 Å². The Morgan fingerprint density at radius 3 is 2.21 bits per heavy atom. The van der Waals surface area contributed by atoms with Crippen molar-refractivity contribution >= 4 is 9.84 Å². The second-order valence-electron chi connectivity index (χ2n) is 7.23. The van der Waals surface area contributed by atoms with Crippen LogP contribution in [0.2, 0.25) is 0 Å². The minimum atomic E-state index is -2.75. The molecule has 2 fully saturated rings. The molecular formula is C14H27NO3S. The van der Waals surface area contributed by atoms with E-state index in [2.05, 4.69) is 33.0 Å². The Bertz CT molecular complexity index is 414. The van der Waals surface area contributed by atoms with Crippen LogP contribution < -0.4 is 5.32 Å². The van der Waals surface area contributed by atoms with Gasteiger partial charge in [0, 0.05) is 6.04 Å². The Hall–Kier alpha value is -0.130. The Balaban J connectivity index is 1.83. The molecule has 112 valence electrons. The molecule has 0 aromatic rings. The third kappa shape index (κ3) is 3.92. The summed E-state index contributed by atoms with van der Waals surface area (Å²) in [5.74, 6) is 1.20. The molecule has 4 nitrogen and oxygen atoms in total. The first-order valence-corrected chi connectivity index (χ1v) is 9.06. The third-order valence-corrected chi connectivity index (χ3v) is 6.12. The summed E-state index contributed by atoms with van der Waals surface area (Å²) in [6, 6.07) is 0.348. The molecule has 0 unspecified atom stereocenters. The summed E-state index contributed by atoms with van der Waals surface area (Å²) in [5.41, 5.74) is -0.221. The first kappa shape index (κ1) is 15.3. The Kier molecular flexibility index (Phi) is 4.02. The van der Waals surface area contributed by atoms with Gasteiger partial charge in [-0.05, 0) is 59.4 Å². The van der Waals surface area contributed by atoms with Crippen LogP contribution in [-0.2, 0) is 14.6 Å². The number of ether oxygens (including phenoxy) is 1. The fourth-order valence-corrected chi connectivity index (χ4v) is 4.92. The molecule has 2 aliphatic heterocycles. The molecule has 2 aliphatic rings. The summed E-state index contributed by atoms with van der Waals surface area (Å²) >= 11 is 0. The average molecular weight is 289 g/mol. The quantitative estimate of drug-likeness (QED) is 0.860. The van der Waals surface area contributed by atoms with Crippen LogP contribution in [0.15, 0.2) is 0 Å². The summed E-state index contributed by atoms with van der Waals surface area (Å²) in [7, 11) is -2.75. The molecule has 1 atom stereocenters. The Labute approximate surface area is 117 Å². The average Bonchev–Trinajstić information content (AvgIpc) is 2.45. The van der Waals surface area contributed by atoms with E-state index >= 15 is 0 Å². The van der Waals surface area contributed by atoms with Crippen LogP contribution in [0.5, 0.6) is 0 Å². The number of sulfone groups is 1. The van der Waals surface area contributed by atoms with Crippen molar-refractivity contribution in [2.24, 2.45) is 5.92 Å². The molecule has 1 N–H and O–H groups in total. The maximum Gasteiger partial charge on any atom is 0.150 e. The van der Waals surface area contributed by atoms with E-state index in [4.69, 9.17) is 4.74 Å². The van der Waals surface area contributed by atoms with Crippen molar-refractivity contribution in [3.05, 3.63) is 0 Å². The van der Waals surface area contributed by atoms with Gasteiger partial charge in [-0.1, -0.05) is 0 Å². The summed E-state index contributed by atoms with van der Waals surface area (Å²) in [6.45, 7) is 9.42. The minimum absolute atomic E-state index is 0.0724. The molecule has 19 heavy (non-hydrogen) atoms. The summed E-state index contributed by atoms with van der Waals surface area (Å²) in [6.07, 6.45) is 2.60. The van der Waals surface area contributed by atoms with Gasteiger partial charge in [0.25, 0.3) is 0 Å². The van der Waals surface area contributed by atoms with Crippen molar-refractivity contribution < 1.29 is 13.2 Å². The molecule has 0 aromatic heterocycles. The first-order valence-electron chi connectivity index (χ1n) is 7.24. The predicted octanol–water partition coefficient (Wildman–Crippen LogP) is 1.75. The zero-order chi connectivity index (χ0) is 14.3. The van der Waals surface area contributed by atoms with Gasteiger partial charge in [-0.2, -0.15) is 0 Å². The first-order chi connectivity index (χ1) is 8.60. The molecule has 0 aromatic carbocycles. The van der Waals surface area contributed by atoms with Gasteiger partial charge in [0.15, 0.2) is 0 Å². The lowest BCUT2D eigenvalue weighted by atomic mass is 9.93. The topological polar surface area (TPSA) is 55.4 Å². The van der Waals surface area contributed by atoms with E-state index in [9.17, 15) is 8.42 Å². The molecule has 0 amide bonds. The van der Waals surface area contributed by atoms with E-state index in [0.29, 0.717) is 23.5 Å². The van der Waals surface area contributed by atoms with E-state index in [-0.39, 0.29) is 11.2 Å². The van der Waals surface area contributed by atoms with E-state index in [0.717, 1.165) is 25.8 Å². The van der Waals surface area contributed by atoms with Gasteiger partial charge >= 0.3 is 0 Å². The normalized spacial score (nSPS) is 33.4. The Morgan fingerprint density at radius 2 is 1.74 bits per heavy atom. The van der Waals surface area contributed by atoms with Crippen molar-refractivity contribution in [1.29, 1.82) is 0 Å². The second-order valence-corrected chi connectivity index (χ2v) is 9.53. The van der Waals surface area contributed by atoms with Gasteiger partial charge < -0.3 is 10.1 Å². The van der Waals surface area contributed by atoms with Gasteiger partial charge in [-0.3, -0.25) is 0 Å². The predicted molar refractivity (Wildman–Crippen MR) is 77.0 cm³/mol. The summed E-state index contributed by atoms with van der Waals surface area (Å²) < 4.78 is 28.9. The maximum absolute atomic E-state index is 11.4.